The van der Waals surface area contributed by atoms with E-state index in [0.717, 1.165) is 6.54 Å². The fourth-order valence-corrected chi connectivity index (χ4v) is 1.92. The summed E-state index contributed by atoms with van der Waals surface area (Å²) >= 11 is 0. The highest BCUT2D eigenvalue weighted by Gasteiger charge is 2.34. The van der Waals surface area contributed by atoms with Gasteiger partial charge in [0.2, 0.25) is 0 Å². The lowest BCUT2D eigenvalue weighted by molar-refractivity contribution is -0.345. The van der Waals surface area contributed by atoms with E-state index in [1.807, 2.05) is 13.8 Å². The molecule has 0 radical (unpaired) electrons. The first-order valence-corrected chi connectivity index (χ1v) is 6.33. The third-order valence-electron chi connectivity index (χ3n) is 2.46. The molecule has 0 saturated carbocycles. The van der Waals surface area contributed by atoms with Gasteiger partial charge in [0.1, 0.15) is 0 Å². The summed E-state index contributed by atoms with van der Waals surface area (Å²) < 4.78 is 39.7. The Bertz CT molecular complexity index is 187. The van der Waals surface area contributed by atoms with Crippen LogP contribution in [0.15, 0.2) is 0 Å². The summed E-state index contributed by atoms with van der Waals surface area (Å²) in [5.74, 6) is 0.560. The summed E-state index contributed by atoms with van der Waals surface area (Å²) in [6.45, 7) is 10.6. The summed E-state index contributed by atoms with van der Waals surface area (Å²) in [7, 11) is 0. The van der Waals surface area contributed by atoms with E-state index < -0.39 is 12.5 Å². The number of alkyl halides is 3. The highest BCUT2D eigenvalue weighted by molar-refractivity contribution is 4.73. The molecule has 0 aliphatic carbocycles. The zero-order valence-corrected chi connectivity index (χ0v) is 11.2. The molecule has 0 unspecified atom stereocenters. The number of rotatable bonds is 3. The molecule has 1 heterocycles. The van der Waals surface area contributed by atoms with E-state index in [1.54, 1.807) is 0 Å². The molecular weight excluding hydrogens is 231 g/mol. The molecule has 1 aliphatic heterocycles. The van der Waals surface area contributed by atoms with Crippen molar-refractivity contribution in [3.05, 3.63) is 0 Å². The molecule has 0 aromatic rings. The van der Waals surface area contributed by atoms with Gasteiger partial charge in [-0.2, -0.15) is 0 Å². The average Bonchev–Trinajstić information content (AvgIpc) is 2.21. The van der Waals surface area contributed by atoms with Gasteiger partial charge in [-0.1, -0.05) is 27.7 Å². The van der Waals surface area contributed by atoms with Gasteiger partial charge in [-0.15, -0.1) is 13.2 Å². The molecule has 17 heavy (non-hydrogen) atoms. The van der Waals surface area contributed by atoms with Gasteiger partial charge in [0.25, 0.3) is 0 Å². The number of nitrogens with zero attached hydrogens (tertiary/aromatic N) is 1. The average molecular weight is 255 g/mol. The topological polar surface area (TPSA) is 12.5 Å². The third-order valence-corrected chi connectivity index (χ3v) is 2.46. The number of hydrogen-bond acceptors (Lipinski definition) is 2. The normalized spacial score (nSPS) is 19.1. The highest BCUT2D eigenvalue weighted by atomic mass is 19.4. The van der Waals surface area contributed by atoms with Gasteiger partial charge in [0.05, 0.1) is 6.10 Å². The lowest BCUT2D eigenvalue weighted by atomic mass is 10.1. The van der Waals surface area contributed by atoms with Crippen LogP contribution >= 0.6 is 0 Å². The van der Waals surface area contributed by atoms with E-state index in [0.29, 0.717) is 31.8 Å². The van der Waals surface area contributed by atoms with E-state index in [2.05, 4.69) is 23.5 Å². The number of ether oxygens (including phenoxy) is 1. The van der Waals surface area contributed by atoms with E-state index in [9.17, 15) is 13.2 Å². The number of halogens is 3. The van der Waals surface area contributed by atoms with Gasteiger partial charge in [0, 0.05) is 19.6 Å². The zero-order chi connectivity index (χ0) is 13.5. The Hall–Kier alpha value is -0.290. The summed E-state index contributed by atoms with van der Waals surface area (Å²) in [5, 5.41) is 0. The molecule has 2 nitrogen and oxygen atoms in total. The van der Waals surface area contributed by atoms with Crippen molar-refractivity contribution in [1.82, 2.24) is 4.90 Å². The minimum absolute atomic E-state index is 0.478. The SMILES string of the molecule is CC.CC(C)CN1CCC(OC(F)(F)F)CC1. The minimum atomic E-state index is -4.48. The van der Waals surface area contributed by atoms with Crippen molar-refractivity contribution in [3.8, 4) is 0 Å². The van der Waals surface area contributed by atoms with Crippen LogP contribution in [0.3, 0.4) is 0 Å². The lowest BCUT2D eigenvalue weighted by Crippen LogP contribution is -2.40. The molecule has 0 aromatic carbocycles. The first-order valence-electron chi connectivity index (χ1n) is 6.33. The fraction of sp³-hybridized carbons (Fsp3) is 1.00. The molecule has 0 bridgehead atoms. The second-order valence-electron chi connectivity index (χ2n) is 4.46. The van der Waals surface area contributed by atoms with Crippen molar-refractivity contribution in [3.63, 3.8) is 0 Å². The Balaban J connectivity index is 0.00000121. The second-order valence-corrected chi connectivity index (χ2v) is 4.46. The van der Waals surface area contributed by atoms with Gasteiger partial charge in [-0.25, -0.2) is 0 Å². The van der Waals surface area contributed by atoms with Gasteiger partial charge in [-0.05, 0) is 18.8 Å². The first kappa shape index (κ1) is 16.7. The fourth-order valence-electron chi connectivity index (χ4n) is 1.92. The molecule has 1 aliphatic rings. The molecular formula is C12H24F3NO. The largest absolute Gasteiger partial charge is 0.522 e. The quantitative estimate of drug-likeness (QED) is 0.763. The van der Waals surface area contributed by atoms with E-state index in [4.69, 9.17) is 0 Å². The summed E-state index contributed by atoms with van der Waals surface area (Å²) in [5.41, 5.74) is 0. The zero-order valence-electron chi connectivity index (χ0n) is 11.2. The van der Waals surface area contributed by atoms with Gasteiger partial charge in [-0.3, -0.25) is 4.74 Å². The van der Waals surface area contributed by atoms with E-state index in [-0.39, 0.29) is 0 Å². The summed E-state index contributed by atoms with van der Waals surface area (Å²) in [6, 6.07) is 0. The smallest absolute Gasteiger partial charge is 0.303 e. The van der Waals surface area contributed by atoms with E-state index in [1.165, 1.54) is 0 Å². The van der Waals surface area contributed by atoms with Crippen LogP contribution in [-0.2, 0) is 4.74 Å². The first-order chi connectivity index (χ1) is 7.87. The Kier molecular flexibility index (Phi) is 7.79. The molecule has 0 N–H and O–H groups in total. The molecule has 0 amide bonds. The molecule has 5 heteroatoms. The van der Waals surface area contributed by atoms with Crippen LogP contribution in [0, 0.1) is 5.92 Å². The standard InChI is InChI=1S/C10H18F3NO.C2H6/c1-8(2)7-14-5-3-9(4-6-14)15-10(11,12)13;1-2/h8-9H,3-7H2,1-2H3;1-2H3. The third kappa shape index (κ3) is 8.44. The van der Waals surface area contributed by atoms with E-state index >= 15 is 0 Å². The maximum absolute atomic E-state index is 11.9. The summed E-state index contributed by atoms with van der Waals surface area (Å²) in [6.07, 6.45) is -4.17. The minimum Gasteiger partial charge on any atom is -0.303 e. The van der Waals surface area contributed by atoms with Crippen LogP contribution in [0.1, 0.15) is 40.5 Å². The lowest BCUT2D eigenvalue weighted by Gasteiger charge is -2.32. The molecule has 0 spiro atoms. The molecule has 0 aromatic heterocycles. The Morgan fingerprint density at radius 2 is 1.65 bits per heavy atom. The van der Waals surface area contributed by atoms with Crippen molar-refractivity contribution in [2.45, 2.75) is 53.0 Å². The Morgan fingerprint density at radius 1 is 1.18 bits per heavy atom. The maximum atomic E-state index is 11.9. The number of likely N-dealkylation sites (tertiary alicyclic amines) is 1. The molecule has 1 saturated heterocycles. The van der Waals surface area contributed by atoms with Gasteiger partial charge in [0.15, 0.2) is 0 Å². The molecule has 104 valence electrons. The van der Waals surface area contributed by atoms with Gasteiger partial charge < -0.3 is 4.90 Å². The second kappa shape index (κ2) is 7.93. The molecule has 1 fully saturated rings. The van der Waals surface area contributed by atoms with Crippen LogP contribution < -0.4 is 0 Å². The molecule has 0 atom stereocenters. The molecule has 1 rings (SSSR count). The predicted molar refractivity (Wildman–Crippen MR) is 62.8 cm³/mol. The van der Waals surface area contributed by atoms with Crippen LogP contribution in [-0.4, -0.2) is 37.0 Å². The highest BCUT2D eigenvalue weighted by Crippen LogP contribution is 2.24. The summed E-state index contributed by atoms with van der Waals surface area (Å²) in [4.78, 5) is 2.20. The van der Waals surface area contributed by atoms with Crippen molar-refractivity contribution >= 4 is 0 Å². The Labute approximate surface area is 102 Å². The maximum Gasteiger partial charge on any atom is 0.522 e. The van der Waals surface area contributed by atoms with Crippen molar-refractivity contribution in [1.29, 1.82) is 0 Å². The van der Waals surface area contributed by atoms with Crippen molar-refractivity contribution in [2.24, 2.45) is 5.92 Å². The van der Waals surface area contributed by atoms with Crippen LogP contribution in [0.4, 0.5) is 13.2 Å². The predicted octanol–water partition coefficient (Wildman–Crippen LogP) is 3.67. The monoisotopic (exact) mass is 255 g/mol. The van der Waals surface area contributed by atoms with Crippen LogP contribution in [0.25, 0.3) is 0 Å². The number of hydrogen-bond donors (Lipinski definition) is 0. The van der Waals surface area contributed by atoms with Crippen LogP contribution in [0.2, 0.25) is 0 Å². The van der Waals surface area contributed by atoms with Crippen molar-refractivity contribution < 1.29 is 17.9 Å². The van der Waals surface area contributed by atoms with Gasteiger partial charge >= 0.3 is 6.36 Å². The Morgan fingerprint density at radius 3 is 2.00 bits per heavy atom. The number of piperidine rings is 1. The van der Waals surface area contributed by atoms with Crippen molar-refractivity contribution in [2.75, 3.05) is 19.6 Å². The van der Waals surface area contributed by atoms with Crippen LogP contribution in [0.5, 0.6) is 0 Å².